The summed E-state index contributed by atoms with van der Waals surface area (Å²) in [6, 6.07) is 14.9. The third-order valence-electron chi connectivity index (χ3n) is 3.28. The van der Waals surface area contributed by atoms with Gasteiger partial charge in [0.2, 0.25) is 0 Å². The van der Waals surface area contributed by atoms with Crippen LogP contribution < -0.4 is 0 Å². The average molecular weight is 296 g/mol. The number of benzene rings is 2. The molecular formula is C19H20OS. The first-order chi connectivity index (χ1) is 10.2. The molecule has 0 aliphatic rings. The van der Waals surface area contributed by atoms with Crippen LogP contribution >= 0.6 is 11.8 Å². The van der Waals surface area contributed by atoms with E-state index in [0.29, 0.717) is 6.42 Å². The van der Waals surface area contributed by atoms with Gasteiger partial charge in [-0.05, 0) is 54.8 Å². The van der Waals surface area contributed by atoms with Gasteiger partial charge < -0.3 is 5.11 Å². The minimum absolute atomic E-state index is 0.120. The predicted molar refractivity (Wildman–Crippen MR) is 90.5 cm³/mol. The highest BCUT2D eigenvalue weighted by Gasteiger charge is 1.99. The van der Waals surface area contributed by atoms with Gasteiger partial charge in [0.1, 0.15) is 0 Å². The van der Waals surface area contributed by atoms with Crippen molar-refractivity contribution in [2.75, 3.05) is 6.61 Å². The Bertz CT molecular complexity index is 665. The lowest BCUT2D eigenvalue weighted by atomic mass is 10.1. The molecule has 0 aromatic heterocycles. The fraction of sp³-hybridized carbons (Fsp3) is 0.263. The van der Waals surface area contributed by atoms with Crippen molar-refractivity contribution in [2.24, 2.45) is 0 Å². The van der Waals surface area contributed by atoms with Crippen LogP contribution in [0.1, 0.15) is 28.7 Å². The summed E-state index contributed by atoms with van der Waals surface area (Å²) in [5, 5.41) is 8.75. The van der Waals surface area contributed by atoms with Crippen molar-refractivity contribution in [3.63, 3.8) is 0 Å². The summed E-state index contributed by atoms with van der Waals surface area (Å²) in [4.78, 5) is 1.30. The molecule has 0 bridgehead atoms. The topological polar surface area (TPSA) is 20.2 Å². The Kier molecular flexibility index (Phi) is 5.92. The Morgan fingerprint density at radius 3 is 2.67 bits per heavy atom. The summed E-state index contributed by atoms with van der Waals surface area (Å²) in [6.07, 6.45) is 0.529. The average Bonchev–Trinajstić information content (AvgIpc) is 2.49. The van der Waals surface area contributed by atoms with E-state index in [9.17, 15) is 0 Å². The maximum Gasteiger partial charge on any atom is 0.0540 e. The van der Waals surface area contributed by atoms with Crippen LogP contribution in [-0.4, -0.2) is 11.7 Å². The molecular weight excluding hydrogens is 276 g/mol. The van der Waals surface area contributed by atoms with Crippen LogP contribution in [0.4, 0.5) is 0 Å². The van der Waals surface area contributed by atoms with Gasteiger partial charge in [-0.1, -0.05) is 30.0 Å². The van der Waals surface area contributed by atoms with Gasteiger partial charge >= 0.3 is 0 Å². The molecule has 0 aliphatic heterocycles. The molecule has 0 unspecified atom stereocenters. The zero-order valence-electron chi connectivity index (χ0n) is 12.5. The largest absolute Gasteiger partial charge is 0.395 e. The molecule has 1 N–H and O–H groups in total. The van der Waals surface area contributed by atoms with E-state index in [1.54, 1.807) is 0 Å². The Morgan fingerprint density at radius 1 is 1.05 bits per heavy atom. The standard InChI is InChI=1S/C19H20OS/c1-15-9-10-19(12-16(15)2)21-14-18-8-5-7-17(13-18)6-3-4-11-20/h5,7-10,12-13,20H,4,11,14H2,1-2H3. The van der Waals surface area contributed by atoms with E-state index in [1.165, 1.54) is 21.6 Å². The van der Waals surface area contributed by atoms with Crippen molar-refractivity contribution in [1.82, 2.24) is 0 Å². The summed E-state index contributed by atoms with van der Waals surface area (Å²) < 4.78 is 0. The molecule has 0 fully saturated rings. The van der Waals surface area contributed by atoms with E-state index in [-0.39, 0.29) is 6.61 Å². The van der Waals surface area contributed by atoms with E-state index in [4.69, 9.17) is 5.11 Å². The van der Waals surface area contributed by atoms with Gasteiger partial charge in [-0.2, -0.15) is 0 Å². The van der Waals surface area contributed by atoms with E-state index in [2.05, 4.69) is 56.0 Å². The van der Waals surface area contributed by atoms with Crippen molar-refractivity contribution in [3.8, 4) is 11.8 Å². The smallest absolute Gasteiger partial charge is 0.0540 e. The summed E-state index contributed by atoms with van der Waals surface area (Å²) in [6.45, 7) is 4.41. The van der Waals surface area contributed by atoms with Gasteiger partial charge in [-0.15, -0.1) is 11.8 Å². The second-order valence-corrected chi connectivity index (χ2v) is 6.06. The number of hydrogen-bond acceptors (Lipinski definition) is 2. The molecule has 108 valence electrons. The van der Waals surface area contributed by atoms with Crippen LogP contribution in [0, 0.1) is 25.7 Å². The number of hydrogen-bond donors (Lipinski definition) is 1. The molecule has 2 aromatic carbocycles. The van der Waals surface area contributed by atoms with Crippen molar-refractivity contribution in [1.29, 1.82) is 0 Å². The monoisotopic (exact) mass is 296 g/mol. The normalized spacial score (nSPS) is 10.0. The Labute approximate surface area is 131 Å². The fourth-order valence-electron chi connectivity index (χ4n) is 1.93. The van der Waals surface area contributed by atoms with Crippen LogP contribution in [0.15, 0.2) is 47.4 Å². The van der Waals surface area contributed by atoms with Crippen molar-refractivity contribution in [2.45, 2.75) is 30.9 Å². The summed E-state index contributed by atoms with van der Waals surface area (Å²) >= 11 is 1.85. The molecule has 21 heavy (non-hydrogen) atoms. The maximum absolute atomic E-state index is 8.75. The molecule has 0 atom stereocenters. The zero-order chi connectivity index (χ0) is 15.1. The molecule has 2 heteroatoms. The SMILES string of the molecule is Cc1ccc(SCc2cccc(C#CCCO)c2)cc1C. The minimum Gasteiger partial charge on any atom is -0.395 e. The van der Waals surface area contributed by atoms with Crippen molar-refractivity contribution >= 4 is 11.8 Å². The molecule has 0 amide bonds. The predicted octanol–water partition coefficient (Wildman–Crippen LogP) is 4.33. The Morgan fingerprint density at radius 2 is 1.90 bits per heavy atom. The van der Waals surface area contributed by atoms with Crippen molar-refractivity contribution < 1.29 is 5.11 Å². The zero-order valence-corrected chi connectivity index (χ0v) is 13.3. The lowest BCUT2D eigenvalue weighted by Crippen LogP contribution is -1.85. The second-order valence-electron chi connectivity index (χ2n) is 5.01. The molecule has 0 saturated heterocycles. The van der Waals surface area contributed by atoms with Gasteiger partial charge in [-0.3, -0.25) is 0 Å². The quantitative estimate of drug-likeness (QED) is 0.669. The Hall–Kier alpha value is -1.69. The lowest BCUT2D eigenvalue weighted by molar-refractivity contribution is 0.305. The molecule has 2 aromatic rings. The molecule has 2 rings (SSSR count). The second kappa shape index (κ2) is 7.93. The minimum atomic E-state index is 0.120. The molecule has 1 nitrogen and oxygen atoms in total. The lowest BCUT2D eigenvalue weighted by Gasteiger charge is -2.05. The van der Waals surface area contributed by atoms with Gasteiger partial charge in [0.15, 0.2) is 0 Å². The summed E-state index contributed by atoms with van der Waals surface area (Å²) in [5.74, 6) is 6.98. The van der Waals surface area contributed by atoms with Crippen LogP contribution in [0.5, 0.6) is 0 Å². The van der Waals surface area contributed by atoms with Crippen LogP contribution in [0.25, 0.3) is 0 Å². The highest BCUT2D eigenvalue weighted by atomic mass is 32.2. The van der Waals surface area contributed by atoms with Crippen LogP contribution in [-0.2, 0) is 5.75 Å². The first kappa shape index (κ1) is 15.7. The molecule has 0 spiro atoms. The fourth-order valence-corrected chi connectivity index (χ4v) is 2.87. The number of rotatable bonds is 4. The third-order valence-corrected chi connectivity index (χ3v) is 4.35. The number of aliphatic hydroxyl groups is 1. The van der Waals surface area contributed by atoms with Gasteiger partial charge in [0, 0.05) is 22.6 Å². The molecule has 0 aliphatic carbocycles. The maximum atomic E-state index is 8.75. The van der Waals surface area contributed by atoms with Crippen LogP contribution in [0.3, 0.4) is 0 Å². The van der Waals surface area contributed by atoms with Crippen molar-refractivity contribution in [3.05, 3.63) is 64.7 Å². The number of aryl methyl sites for hydroxylation is 2. The van der Waals surface area contributed by atoms with Gasteiger partial charge in [-0.25, -0.2) is 0 Å². The summed E-state index contributed by atoms with van der Waals surface area (Å²) in [5.41, 5.74) is 4.96. The third kappa shape index (κ3) is 4.97. The Balaban J connectivity index is 2.01. The summed E-state index contributed by atoms with van der Waals surface area (Å²) in [7, 11) is 0. The van der Waals surface area contributed by atoms with E-state index in [1.807, 2.05) is 23.9 Å². The number of aliphatic hydroxyl groups excluding tert-OH is 1. The van der Waals surface area contributed by atoms with Crippen LogP contribution in [0.2, 0.25) is 0 Å². The molecule has 0 saturated carbocycles. The van der Waals surface area contributed by atoms with Gasteiger partial charge in [0.25, 0.3) is 0 Å². The van der Waals surface area contributed by atoms with E-state index < -0.39 is 0 Å². The highest BCUT2D eigenvalue weighted by Crippen LogP contribution is 2.25. The first-order valence-corrected chi connectivity index (χ1v) is 8.06. The molecule has 0 heterocycles. The van der Waals surface area contributed by atoms with E-state index >= 15 is 0 Å². The van der Waals surface area contributed by atoms with Gasteiger partial charge in [0.05, 0.1) is 6.61 Å². The number of thioether (sulfide) groups is 1. The molecule has 0 radical (unpaired) electrons. The van der Waals surface area contributed by atoms with E-state index in [0.717, 1.165) is 11.3 Å². The highest BCUT2D eigenvalue weighted by molar-refractivity contribution is 7.98. The first-order valence-electron chi connectivity index (χ1n) is 7.08.